The maximum atomic E-state index is 12.4. The second-order valence-corrected chi connectivity index (χ2v) is 6.48. The van der Waals surface area contributed by atoms with E-state index in [1.807, 2.05) is 0 Å². The fourth-order valence-electron chi connectivity index (χ4n) is 3.41. The van der Waals surface area contributed by atoms with Crippen LogP contribution in [0.1, 0.15) is 24.8 Å². The highest BCUT2D eigenvalue weighted by Gasteiger charge is 2.23. The molecule has 0 spiro atoms. The molecule has 0 unspecified atom stereocenters. The van der Waals surface area contributed by atoms with Crippen molar-refractivity contribution in [1.82, 2.24) is 14.7 Å². The van der Waals surface area contributed by atoms with Crippen LogP contribution < -0.4 is 0 Å². The van der Waals surface area contributed by atoms with Crippen LogP contribution in [0.4, 0.5) is 0 Å². The Kier molecular flexibility index (Phi) is 5.46. The zero-order valence-electron chi connectivity index (χ0n) is 13.4. The van der Waals surface area contributed by atoms with E-state index in [0.717, 1.165) is 45.8 Å². The van der Waals surface area contributed by atoms with Crippen molar-refractivity contribution >= 4 is 5.91 Å². The van der Waals surface area contributed by atoms with E-state index in [2.05, 4.69) is 45.0 Å². The Morgan fingerprint density at radius 2 is 1.50 bits per heavy atom. The quantitative estimate of drug-likeness (QED) is 0.849. The molecule has 0 bridgehead atoms. The summed E-state index contributed by atoms with van der Waals surface area (Å²) in [6.45, 7) is 7.54. The number of likely N-dealkylation sites (tertiary alicyclic amines) is 1. The molecule has 0 aromatic heterocycles. The van der Waals surface area contributed by atoms with Crippen LogP contribution in [0.5, 0.6) is 0 Å². The van der Waals surface area contributed by atoms with Crippen LogP contribution in [0.25, 0.3) is 0 Å². The van der Waals surface area contributed by atoms with Crippen LogP contribution in [-0.4, -0.2) is 66.4 Å². The van der Waals surface area contributed by atoms with E-state index in [-0.39, 0.29) is 0 Å². The number of nitrogens with zero attached hydrogens (tertiary/aromatic N) is 3. The summed E-state index contributed by atoms with van der Waals surface area (Å²) in [4.78, 5) is 19.2. The van der Waals surface area contributed by atoms with Gasteiger partial charge < -0.3 is 4.90 Å². The van der Waals surface area contributed by atoms with E-state index in [1.165, 1.54) is 24.8 Å². The Labute approximate surface area is 133 Å². The number of carbonyl (C=O) groups excluding carboxylic acids is 1. The van der Waals surface area contributed by atoms with Gasteiger partial charge in [-0.05, 0) is 31.5 Å². The molecule has 4 heteroatoms. The zero-order chi connectivity index (χ0) is 15.2. The summed E-state index contributed by atoms with van der Waals surface area (Å²) in [5.74, 6) is 0.321. The fraction of sp³-hybridized carbons (Fsp3) is 0.611. The molecule has 1 aromatic carbocycles. The summed E-state index contributed by atoms with van der Waals surface area (Å²) in [5.41, 5.74) is 1.36. The predicted molar refractivity (Wildman–Crippen MR) is 88.6 cm³/mol. The lowest BCUT2D eigenvalue weighted by Crippen LogP contribution is -2.51. The Morgan fingerprint density at radius 1 is 0.818 bits per heavy atom. The van der Waals surface area contributed by atoms with E-state index in [0.29, 0.717) is 12.5 Å². The molecular formula is C18H27N3O. The largest absolute Gasteiger partial charge is 0.339 e. The molecule has 0 saturated carbocycles. The third-order valence-corrected chi connectivity index (χ3v) is 4.78. The molecule has 2 aliphatic heterocycles. The molecule has 1 amide bonds. The first kappa shape index (κ1) is 15.5. The van der Waals surface area contributed by atoms with Crippen molar-refractivity contribution in [3.8, 4) is 0 Å². The van der Waals surface area contributed by atoms with Gasteiger partial charge >= 0.3 is 0 Å². The van der Waals surface area contributed by atoms with Gasteiger partial charge in [-0.2, -0.15) is 0 Å². The molecule has 120 valence electrons. The second-order valence-electron chi connectivity index (χ2n) is 6.48. The Bertz CT molecular complexity index is 462. The van der Waals surface area contributed by atoms with Gasteiger partial charge in [0.1, 0.15) is 0 Å². The number of hydrogen-bond donors (Lipinski definition) is 0. The van der Waals surface area contributed by atoms with Gasteiger partial charge in [-0.25, -0.2) is 0 Å². The molecule has 2 fully saturated rings. The van der Waals surface area contributed by atoms with Crippen molar-refractivity contribution in [3.05, 3.63) is 35.9 Å². The normalized spacial score (nSPS) is 21.0. The first-order chi connectivity index (χ1) is 10.8. The third kappa shape index (κ3) is 4.31. The van der Waals surface area contributed by atoms with Gasteiger partial charge in [-0.3, -0.25) is 14.6 Å². The van der Waals surface area contributed by atoms with Crippen molar-refractivity contribution in [3.63, 3.8) is 0 Å². The highest BCUT2D eigenvalue weighted by atomic mass is 16.2. The number of carbonyl (C=O) groups is 1. The average Bonchev–Trinajstić information content (AvgIpc) is 2.57. The molecule has 2 aliphatic rings. The lowest BCUT2D eigenvalue weighted by atomic mass is 10.1. The van der Waals surface area contributed by atoms with Gasteiger partial charge in [0.25, 0.3) is 0 Å². The Balaban J connectivity index is 1.42. The highest BCUT2D eigenvalue weighted by molar-refractivity contribution is 5.78. The van der Waals surface area contributed by atoms with Crippen LogP contribution in [-0.2, 0) is 11.3 Å². The van der Waals surface area contributed by atoms with Crippen LogP contribution >= 0.6 is 0 Å². The first-order valence-electron chi connectivity index (χ1n) is 8.58. The molecule has 2 saturated heterocycles. The molecule has 0 aliphatic carbocycles. The fourth-order valence-corrected chi connectivity index (χ4v) is 3.41. The summed E-state index contributed by atoms with van der Waals surface area (Å²) in [7, 11) is 0. The number of rotatable bonds is 4. The highest BCUT2D eigenvalue weighted by Crippen LogP contribution is 2.11. The number of benzene rings is 1. The van der Waals surface area contributed by atoms with E-state index < -0.39 is 0 Å². The predicted octanol–water partition coefficient (Wildman–Crippen LogP) is 1.82. The van der Waals surface area contributed by atoms with E-state index in [9.17, 15) is 4.79 Å². The van der Waals surface area contributed by atoms with E-state index in [1.54, 1.807) is 0 Å². The van der Waals surface area contributed by atoms with Gasteiger partial charge in [0.15, 0.2) is 0 Å². The Hall–Kier alpha value is -1.39. The van der Waals surface area contributed by atoms with Crippen LogP contribution in [0.15, 0.2) is 30.3 Å². The molecule has 4 nitrogen and oxygen atoms in total. The Morgan fingerprint density at radius 3 is 2.18 bits per heavy atom. The van der Waals surface area contributed by atoms with Crippen molar-refractivity contribution in [2.24, 2.45) is 0 Å². The van der Waals surface area contributed by atoms with Gasteiger partial charge in [-0.1, -0.05) is 36.8 Å². The number of hydrogen-bond acceptors (Lipinski definition) is 3. The summed E-state index contributed by atoms with van der Waals surface area (Å²) in [5, 5.41) is 0. The molecule has 0 radical (unpaired) electrons. The topological polar surface area (TPSA) is 26.8 Å². The van der Waals surface area contributed by atoms with Crippen molar-refractivity contribution in [1.29, 1.82) is 0 Å². The number of piperidine rings is 1. The molecule has 0 N–H and O–H groups in total. The molecule has 1 aromatic rings. The van der Waals surface area contributed by atoms with Crippen LogP contribution in [0, 0.1) is 0 Å². The SMILES string of the molecule is O=C(CN1CCCCC1)N1CCN(Cc2ccccc2)CC1. The monoisotopic (exact) mass is 301 g/mol. The molecule has 0 atom stereocenters. The minimum absolute atomic E-state index is 0.321. The zero-order valence-corrected chi connectivity index (χ0v) is 13.4. The molecular weight excluding hydrogens is 274 g/mol. The first-order valence-corrected chi connectivity index (χ1v) is 8.58. The standard InChI is InChI=1S/C18H27N3O/c22-18(16-19-9-5-2-6-10-19)21-13-11-20(12-14-21)15-17-7-3-1-4-8-17/h1,3-4,7-8H,2,5-6,9-16H2. The van der Waals surface area contributed by atoms with Crippen molar-refractivity contribution in [2.45, 2.75) is 25.8 Å². The second kappa shape index (κ2) is 7.75. The number of amides is 1. The average molecular weight is 301 g/mol. The van der Waals surface area contributed by atoms with Gasteiger partial charge in [0.05, 0.1) is 6.54 Å². The van der Waals surface area contributed by atoms with Crippen molar-refractivity contribution < 1.29 is 4.79 Å². The smallest absolute Gasteiger partial charge is 0.236 e. The lowest BCUT2D eigenvalue weighted by molar-refractivity contribution is -0.134. The summed E-state index contributed by atoms with van der Waals surface area (Å²) in [6.07, 6.45) is 3.82. The summed E-state index contributed by atoms with van der Waals surface area (Å²) >= 11 is 0. The number of piperazine rings is 1. The van der Waals surface area contributed by atoms with Crippen molar-refractivity contribution in [2.75, 3.05) is 45.8 Å². The molecule has 22 heavy (non-hydrogen) atoms. The van der Waals surface area contributed by atoms with Gasteiger partial charge in [0.2, 0.25) is 5.91 Å². The van der Waals surface area contributed by atoms with Crippen LogP contribution in [0.3, 0.4) is 0 Å². The summed E-state index contributed by atoms with van der Waals surface area (Å²) in [6, 6.07) is 10.6. The lowest BCUT2D eigenvalue weighted by Gasteiger charge is -2.36. The molecule has 3 rings (SSSR count). The maximum absolute atomic E-state index is 12.4. The minimum Gasteiger partial charge on any atom is -0.339 e. The van der Waals surface area contributed by atoms with Gasteiger partial charge in [0, 0.05) is 32.7 Å². The summed E-state index contributed by atoms with van der Waals surface area (Å²) < 4.78 is 0. The van der Waals surface area contributed by atoms with Crippen LogP contribution in [0.2, 0.25) is 0 Å². The van der Waals surface area contributed by atoms with Gasteiger partial charge in [-0.15, -0.1) is 0 Å². The molecule has 2 heterocycles. The van der Waals surface area contributed by atoms with E-state index in [4.69, 9.17) is 0 Å². The van der Waals surface area contributed by atoms with E-state index >= 15 is 0 Å². The minimum atomic E-state index is 0.321. The third-order valence-electron chi connectivity index (χ3n) is 4.78. The maximum Gasteiger partial charge on any atom is 0.236 e.